The molecule has 0 aliphatic carbocycles. The Morgan fingerprint density at radius 3 is 2.38 bits per heavy atom. The quantitative estimate of drug-likeness (QED) is 0.770. The van der Waals surface area contributed by atoms with E-state index in [4.69, 9.17) is 4.74 Å². The summed E-state index contributed by atoms with van der Waals surface area (Å²) in [7, 11) is 0. The fraction of sp³-hybridized carbons (Fsp3) is 0.435. The molecule has 2 rings (SSSR count). The molecule has 1 amide bonds. The summed E-state index contributed by atoms with van der Waals surface area (Å²) < 4.78 is 5.84. The Hall–Kier alpha value is -2.29. The standard InChI is InChI=1S/C23H31NO2/c1-7-20(18-13-12-16(2)17(3)14-18)24-22(25)15-26-21-11-9-8-10-19(21)23(4,5)6/h8-14,20H,7,15H2,1-6H3,(H,24,25)/t20-/m0/s1. The van der Waals surface area contributed by atoms with Crippen LogP contribution in [-0.2, 0) is 10.2 Å². The topological polar surface area (TPSA) is 38.3 Å². The summed E-state index contributed by atoms with van der Waals surface area (Å²) in [6, 6.07) is 14.3. The van der Waals surface area contributed by atoms with E-state index in [0.717, 1.165) is 23.3 Å². The van der Waals surface area contributed by atoms with E-state index in [1.165, 1.54) is 11.1 Å². The van der Waals surface area contributed by atoms with Gasteiger partial charge in [-0.3, -0.25) is 4.79 Å². The van der Waals surface area contributed by atoms with Crippen molar-refractivity contribution in [2.75, 3.05) is 6.61 Å². The summed E-state index contributed by atoms with van der Waals surface area (Å²) in [6.45, 7) is 12.7. The van der Waals surface area contributed by atoms with Gasteiger partial charge in [0.05, 0.1) is 6.04 Å². The summed E-state index contributed by atoms with van der Waals surface area (Å²) in [5.74, 6) is 0.674. The van der Waals surface area contributed by atoms with Crippen molar-refractivity contribution in [1.29, 1.82) is 0 Å². The summed E-state index contributed by atoms with van der Waals surface area (Å²) in [5.41, 5.74) is 4.72. The predicted molar refractivity (Wildman–Crippen MR) is 108 cm³/mol. The van der Waals surface area contributed by atoms with Crippen LogP contribution in [0.15, 0.2) is 42.5 Å². The molecule has 26 heavy (non-hydrogen) atoms. The maximum atomic E-state index is 12.4. The van der Waals surface area contributed by atoms with E-state index in [1.807, 2.05) is 18.2 Å². The molecule has 0 aliphatic rings. The molecule has 0 spiro atoms. The third kappa shape index (κ3) is 5.10. The maximum Gasteiger partial charge on any atom is 0.258 e. The molecule has 0 saturated heterocycles. The van der Waals surface area contributed by atoms with Crippen LogP contribution < -0.4 is 10.1 Å². The van der Waals surface area contributed by atoms with E-state index >= 15 is 0 Å². The summed E-state index contributed by atoms with van der Waals surface area (Å²) in [5, 5.41) is 3.09. The molecule has 2 aromatic carbocycles. The van der Waals surface area contributed by atoms with Crippen LogP contribution in [0.1, 0.15) is 62.4 Å². The van der Waals surface area contributed by atoms with Gasteiger partial charge >= 0.3 is 0 Å². The average Bonchev–Trinajstić information content (AvgIpc) is 2.60. The lowest BCUT2D eigenvalue weighted by atomic mass is 9.86. The monoisotopic (exact) mass is 353 g/mol. The average molecular weight is 354 g/mol. The smallest absolute Gasteiger partial charge is 0.258 e. The second kappa shape index (κ2) is 8.39. The highest BCUT2D eigenvalue weighted by Gasteiger charge is 2.19. The van der Waals surface area contributed by atoms with Gasteiger partial charge in [-0.2, -0.15) is 0 Å². The van der Waals surface area contributed by atoms with E-state index < -0.39 is 0 Å². The Labute approximate surface area is 157 Å². The molecule has 0 heterocycles. The molecule has 0 fully saturated rings. The van der Waals surface area contributed by atoms with E-state index in [2.05, 4.69) is 71.1 Å². The van der Waals surface area contributed by atoms with Crippen molar-refractivity contribution in [3.63, 3.8) is 0 Å². The van der Waals surface area contributed by atoms with Crippen molar-refractivity contribution in [3.8, 4) is 5.75 Å². The first kappa shape index (κ1) is 20.0. The maximum absolute atomic E-state index is 12.4. The minimum absolute atomic E-state index is 0.00302. The van der Waals surface area contributed by atoms with Crippen molar-refractivity contribution in [2.24, 2.45) is 0 Å². The lowest BCUT2D eigenvalue weighted by Gasteiger charge is -2.23. The van der Waals surface area contributed by atoms with Gasteiger partial charge in [-0.1, -0.05) is 64.1 Å². The molecule has 2 aromatic rings. The van der Waals surface area contributed by atoms with Crippen LogP contribution in [0.5, 0.6) is 5.75 Å². The Morgan fingerprint density at radius 2 is 1.77 bits per heavy atom. The van der Waals surface area contributed by atoms with Crippen LogP contribution in [0.2, 0.25) is 0 Å². The molecule has 0 aliphatic heterocycles. The molecule has 0 unspecified atom stereocenters. The zero-order chi connectivity index (χ0) is 19.3. The third-order valence-corrected chi connectivity index (χ3v) is 4.73. The Balaban J connectivity index is 2.03. The molecule has 3 heteroatoms. The van der Waals surface area contributed by atoms with Gasteiger partial charge in [0.15, 0.2) is 6.61 Å². The lowest BCUT2D eigenvalue weighted by molar-refractivity contribution is -0.123. The van der Waals surface area contributed by atoms with Crippen LogP contribution in [-0.4, -0.2) is 12.5 Å². The number of ether oxygens (including phenoxy) is 1. The highest BCUT2D eigenvalue weighted by atomic mass is 16.5. The number of hydrogen-bond acceptors (Lipinski definition) is 2. The molecular formula is C23H31NO2. The molecular weight excluding hydrogens is 322 g/mol. The number of amides is 1. The van der Waals surface area contributed by atoms with Gasteiger partial charge in [0.2, 0.25) is 0 Å². The van der Waals surface area contributed by atoms with Gasteiger partial charge in [0, 0.05) is 0 Å². The molecule has 0 aromatic heterocycles. The molecule has 0 radical (unpaired) electrons. The largest absolute Gasteiger partial charge is 0.483 e. The van der Waals surface area contributed by atoms with Crippen LogP contribution in [0.3, 0.4) is 0 Å². The first-order valence-electron chi connectivity index (χ1n) is 9.31. The van der Waals surface area contributed by atoms with Gasteiger partial charge in [0.25, 0.3) is 5.91 Å². The van der Waals surface area contributed by atoms with E-state index in [0.29, 0.717) is 0 Å². The molecule has 140 valence electrons. The van der Waals surface area contributed by atoms with E-state index in [9.17, 15) is 4.79 Å². The van der Waals surface area contributed by atoms with Crippen molar-refractivity contribution in [1.82, 2.24) is 5.32 Å². The fourth-order valence-electron chi connectivity index (χ4n) is 2.99. The number of hydrogen-bond donors (Lipinski definition) is 1. The van der Waals surface area contributed by atoms with E-state index in [-0.39, 0.29) is 24.0 Å². The second-order valence-electron chi connectivity index (χ2n) is 7.91. The third-order valence-electron chi connectivity index (χ3n) is 4.73. The minimum Gasteiger partial charge on any atom is -0.483 e. The summed E-state index contributed by atoms with van der Waals surface area (Å²) in [4.78, 5) is 12.4. The van der Waals surface area contributed by atoms with E-state index in [1.54, 1.807) is 0 Å². The number of para-hydroxylation sites is 1. The van der Waals surface area contributed by atoms with Gasteiger partial charge in [-0.15, -0.1) is 0 Å². The van der Waals surface area contributed by atoms with Gasteiger partial charge in [-0.25, -0.2) is 0 Å². The molecule has 0 saturated carbocycles. The van der Waals surface area contributed by atoms with Crippen molar-refractivity contribution >= 4 is 5.91 Å². The van der Waals surface area contributed by atoms with Crippen LogP contribution in [0.4, 0.5) is 0 Å². The number of carbonyl (C=O) groups excluding carboxylic acids is 1. The Bertz CT molecular complexity index is 759. The lowest BCUT2D eigenvalue weighted by Crippen LogP contribution is -2.32. The van der Waals surface area contributed by atoms with Gasteiger partial charge in [0.1, 0.15) is 5.75 Å². The number of aryl methyl sites for hydroxylation is 2. The molecule has 1 atom stereocenters. The van der Waals surface area contributed by atoms with Crippen LogP contribution in [0.25, 0.3) is 0 Å². The fourth-order valence-corrected chi connectivity index (χ4v) is 2.99. The van der Waals surface area contributed by atoms with Crippen LogP contribution >= 0.6 is 0 Å². The highest BCUT2D eigenvalue weighted by Crippen LogP contribution is 2.30. The number of benzene rings is 2. The van der Waals surface area contributed by atoms with Crippen molar-refractivity contribution in [2.45, 2.75) is 59.4 Å². The minimum atomic E-state index is -0.0983. The van der Waals surface area contributed by atoms with Crippen LogP contribution in [0, 0.1) is 13.8 Å². The number of rotatable bonds is 6. The predicted octanol–water partition coefficient (Wildman–Crippen LogP) is 5.25. The highest BCUT2D eigenvalue weighted by molar-refractivity contribution is 5.78. The molecule has 0 bridgehead atoms. The normalized spacial score (nSPS) is 12.5. The Kier molecular flexibility index (Phi) is 6.47. The van der Waals surface area contributed by atoms with Gasteiger partial charge < -0.3 is 10.1 Å². The molecule has 3 nitrogen and oxygen atoms in total. The SMILES string of the molecule is CC[C@H](NC(=O)COc1ccccc1C(C)(C)C)c1ccc(C)c(C)c1. The van der Waals surface area contributed by atoms with Crippen molar-refractivity contribution in [3.05, 3.63) is 64.7 Å². The summed E-state index contributed by atoms with van der Waals surface area (Å²) >= 11 is 0. The number of carbonyl (C=O) groups is 1. The number of nitrogens with one attached hydrogen (secondary N) is 1. The molecule has 1 N–H and O–H groups in total. The zero-order valence-electron chi connectivity index (χ0n) is 16.8. The first-order valence-corrected chi connectivity index (χ1v) is 9.31. The summed E-state index contributed by atoms with van der Waals surface area (Å²) in [6.07, 6.45) is 0.840. The zero-order valence-corrected chi connectivity index (χ0v) is 16.8. The van der Waals surface area contributed by atoms with Crippen molar-refractivity contribution < 1.29 is 9.53 Å². The van der Waals surface area contributed by atoms with Gasteiger partial charge in [-0.05, 0) is 54.0 Å². The second-order valence-corrected chi connectivity index (χ2v) is 7.91. The Morgan fingerprint density at radius 1 is 1.08 bits per heavy atom. The first-order chi connectivity index (χ1) is 12.2.